The van der Waals surface area contributed by atoms with E-state index >= 15 is 0 Å². The lowest BCUT2D eigenvalue weighted by atomic mass is 9.96. The van der Waals surface area contributed by atoms with E-state index in [1.807, 2.05) is 6.07 Å². The number of amides is 1. The summed E-state index contributed by atoms with van der Waals surface area (Å²) in [5, 5.41) is 11.2. The minimum Gasteiger partial charge on any atom is -0.324 e. The van der Waals surface area contributed by atoms with Gasteiger partial charge in [0, 0.05) is 0 Å². The number of alkyl halides is 3. The summed E-state index contributed by atoms with van der Waals surface area (Å²) in [5.74, 6) is -1.60. The molecule has 1 rings (SSSR count). The van der Waals surface area contributed by atoms with Crippen molar-refractivity contribution in [3.63, 3.8) is 0 Å². The summed E-state index contributed by atoms with van der Waals surface area (Å²) in [4.78, 5) is 14.9. The summed E-state index contributed by atoms with van der Waals surface area (Å²) in [7, 11) is 0. The SMILES string of the molecule is CC(C)C(C#N)C(=O)Nc1ccc(C(F)(F)F)nc1. The van der Waals surface area contributed by atoms with E-state index in [0.29, 0.717) is 0 Å². The van der Waals surface area contributed by atoms with Gasteiger partial charge in [-0.05, 0) is 18.1 Å². The smallest absolute Gasteiger partial charge is 0.324 e. The Balaban J connectivity index is 2.79. The van der Waals surface area contributed by atoms with Crippen LogP contribution in [-0.4, -0.2) is 10.9 Å². The quantitative estimate of drug-likeness (QED) is 0.919. The molecule has 1 aromatic rings. The van der Waals surface area contributed by atoms with Crippen molar-refractivity contribution in [3.05, 3.63) is 24.0 Å². The predicted molar refractivity (Wildman–Crippen MR) is 61.8 cm³/mol. The van der Waals surface area contributed by atoms with Gasteiger partial charge in [0.25, 0.3) is 0 Å². The molecule has 0 aromatic carbocycles. The number of nitrogens with one attached hydrogen (secondary N) is 1. The van der Waals surface area contributed by atoms with Crippen molar-refractivity contribution in [1.82, 2.24) is 4.98 Å². The molecular weight excluding hydrogens is 259 g/mol. The van der Waals surface area contributed by atoms with Crippen LogP contribution in [-0.2, 0) is 11.0 Å². The second kappa shape index (κ2) is 5.69. The summed E-state index contributed by atoms with van der Waals surface area (Å²) >= 11 is 0. The highest BCUT2D eigenvalue weighted by Gasteiger charge is 2.32. The number of aromatic nitrogens is 1. The molecule has 1 aromatic heterocycles. The molecule has 102 valence electrons. The molecule has 0 aliphatic carbocycles. The molecule has 1 unspecified atom stereocenters. The maximum Gasteiger partial charge on any atom is 0.433 e. The monoisotopic (exact) mass is 271 g/mol. The Morgan fingerprint density at radius 2 is 2.05 bits per heavy atom. The van der Waals surface area contributed by atoms with Crippen LogP contribution in [0.2, 0.25) is 0 Å². The largest absolute Gasteiger partial charge is 0.433 e. The Morgan fingerprint density at radius 1 is 1.42 bits per heavy atom. The van der Waals surface area contributed by atoms with E-state index in [1.165, 1.54) is 0 Å². The molecule has 0 radical (unpaired) electrons. The van der Waals surface area contributed by atoms with Crippen molar-refractivity contribution >= 4 is 11.6 Å². The lowest BCUT2D eigenvalue weighted by Crippen LogP contribution is -2.25. The van der Waals surface area contributed by atoms with Gasteiger partial charge in [0.2, 0.25) is 5.91 Å². The first kappa shape index (κ1) is 15.0. The average molecular weight is 271 g/mol. The molecule has 0 saturated heterocycles. The Hall–Kier alpha value is -2.10. The number of carbonyl (C=O) groups is 1. The minimum atomic E-state index is -4.52. The fourth-order valence-corrected chi connectivity index (χ4v) is 1.37. The topological polar surface area (TPSA) is 65.8 Å². The highest BCUT2D eigenvalue weighted by molar-refractivity contribution is 5.94. The number of nitrogens with zero attached hydrogens (tertiary/aromatic N) is 2. The van der Waals surface area contributed by atoms with Crippen molar-refractivity contribution in [1.29, 1.82) is 5.26 Å². The Kier molecular flexibility index (Phi) is 4.48. The van der Waals surface area contributed by atoms with Crippen LogP contribution in [0.5, 0.6) is 0 Å². The summed E-state index contributed by atoms with van der Waals surface area (Å²) in [6.45, 7) is 3.41. The number of carbonyl (C=O) groups excluding carboxylic acids is 1. The molecule has 0 saturated carbocycles. The first-order valence-electron chi connectivity index (χ1n) is 5.49. The Morgan fingerprint density at radius 3 is 2.42 bits per heavy atom. The van der Waals surface area contributed by atoms with E-state index in [9.17, 15) is 18.0 Å². The van der Waals surface area contributed by atoms with Crippen LogP contribution in [0.15, 0.2) is 18.3 Å². The van der Waals surface area contributed by atoms with Crippen molar-refractivity contribution < 1.29 is 18.0 Å². The van der Waals surface area contributed by atoms with Crippen molar-refractivity contribution in [2.45, 2.75) is 20.0 Å². The molecule has 0 bridgehead atoms. The Labute approximate surface area is 108 Å². The average Bonchev–Trinajstić information content (AvgIpc) is 2.28. The van der Waals surface area contributed by atoms with Crippen LogP contribution < -0.4 is 5.32 Å². The maximum absolute atomic E-state index is 12.3. The van der Waals surface area contributed by atoms with Gasteiger partial charge in [0.1, 0.15) is 11.6 Å². The van der Waals surface area contributed by atoms with Crippen LogP contribution in [0, 0.1) is 23.2 Å². The number of anilines is 1. The fraction of sp³-hybridized carbons (Fsp3) is 0.417. The fourth-order valence-electron chi connectivity index (χ4n) is 1.37. The van der Waals surface area contributed by atoms with Crippen LogP contribution in [0.25, 0.3) is 0 Å². The second-order valence-corrected chi connectivity index (χ2v) is 4.27. The molecular formula is C12H12F3N3O. The standard InChI is InChI=1S/C12H12F3N3O/c1-7(2)9(5-16)11(19)18-8-3-4-10(17-6-8)12(13,14)15/h3-4,6-7,9H,1-2H3,(H,18,19). The lowest BCUT2D eigenvalue weighted by Gasteiger charge is -2.13. The highest BCUT2D eigenvalue weighted by Crippen LogP contribution is 2.27. The van der Waals surface area contributed by atoms with E-state index in [-0.39, 0.29) is 11.6 Å². The van der Waals surface area contributed by atoms with E-state index < -0.39 is 23.7 Å². The number of hydrogen-bond acceptors (Lipinski definition) is 3. The van der Waals surface area contributed by atoms with E-state index in [2.05, 4.69) is 10.3 Å². The molecule has 4 nitrogen and oxygen atoms in total. The van der Waals surface area contributed by atoms with Gasteiger partial charge < -0.3 is 5.32 Å². The Bertz CT molecular complexity index is 488. The zero-order valence-electron chi connectivity index (χ0n) is 10.3. The van der Waals surface area contributed by atoms with Gasteiger partial charge in [-0.15, -0.1) is 0 Å². The van der Waals surface area contributed by atoms with Crippen LogP contribution in [0.4, 0.5) is 18.9 Å². The number of hydrogen-bond donors (Lipinski definition) is 1. The molecule has 0 aliphatic heterocycles. The van der Waals surface area contributed by atoms with Gasteiger partial charge in [0.15, 0.2) is 0 Å². The lowest BCUT2D eigenvalue weighted by molar-refractivity contribution is -0.141. The number of pyridine rings is 1. The molecule has 1 amide bonds. The third-order valence-electron chi connectivity index (χ3n) is 2.41. The third kappa shape index (κ3) is 3.95. The van der Waals surface area contributed by atoms with Crippen molar-refractivity contribution in [2.24, 2.45) is 11.8 Å². The molecule has 1 N–H and O–H groups in total. The highest BCUT2D eigenvalue weighted by atomic mass is 19.4. The van der Waals surface area contributed by atoms with Gasteiger partial charge in [0.05, 0.1) is 18.0 Å². The van der Waals surface area contributed by atoms with E-state index in [4.69, 9.17) is 5.26 Å². The molecule has 0 fully saturated rings. The second-order valence-electron chi connectivity index (χ2n) is 4.27. The van der Waals surface area contributed by atoms with Gasteiger partial charge in [-0.25, -0.2) is 4.98 Å². The van der Waals surface area contributed by atoms with E-state index in [0.717, 1.165) is 18.3 Å². The van der Waals surface area contributed by atoms with Gasteiger partial charge in [-0.1, -0.05) is 13.8 Å². The number of nitriles is 1. The van der Waals surface area contributed by atoms with Gasteiger partial charge in [-0.2, -0.15) is 18.4 Å². The van der Waals surface area contributed by atoms with Crippen LogP contribution in [0.3, 0.4) is 0 Å². The summed E-state index contributed by atoms with van der Waals surface area (Å²) < 4.78 is 36.8. The molecule has 7 heteroatoms. The van der Waals surface area contributed by atoms with Gasteiger partial charge >= 0.3 is 6.18 Å². The molecule has 19 heavy (non-hydrogen) atoms. The minimum absolute atomic E-state index is 0.124. The van der Waals surface area contributed by atoms with Gasteiger partial charge in [-0.3, -0.25) is 4.79 Å². The van der Waals surface area contributed by atoms with Crippen molar-refractivity contribution in [2.75, 3.05) is 5.32 Å². The molecule has 0 spiro atoms. The van der Waals surface area contributed by atoms with Crippen LogP contribution in [0.1, 0.15) is 19.5 Å². The number of rotatable bonds is 3. The molecule has 0 aliphatic rings. The first-order chi connectivity index (χ1) is 8.75. The van der Waals surface area contributed by atoms with Crippen molar-refractivity contribution in [3.8, 4) is 6.07 Å². The summed E-state index contributed by atoms with van der Waals surface area (Å²) in [5.41, 5.74) is -0.912. The zero-order valence-corrected chi connectivity index (χ0v) is 10.3. The normalized spacial score (nSPS) is 12.9. The first-order valence-corrected chi connectivity index (χ1v) is 5.49. The maximum atomic E-state index is 12.3. The third-order valence-corrected chi connectivity index (χ3v) is 2.41. The summed E-state index contributed by atoms with van der Waals surface area (Å²) in [6, 6.07) is 3.71. The summed E-state index contributed by atoms with van der Waals surface area (Å²) in [6.07, 6.45) is -3.61. The van der Waals surface area contributed by atoms with Crippen LogP contribution >= 0.6 is 0 Å². The predicted octanol–water partition coefficient (Wildman–Crippen LogP) is 2.83. The van der Waals surface area contributed by atoms with E-state index in [1.54, 1.807) is 13.8 Å². The molecule has 1 atom stereocenters. The zero-order chi connectivity index (χ0) is 14.6. The molecule has 1 heterocycles. The number of halogens is 3.